The Bertz CT molecular complexity index is 424. The highest BCUT2D eigenvalue weighted by atomic mass is 127. The normalized spacial score (nSPS) is 15.5. The fourth-order valence-corrected chi connectivity index (χ4v) is 2.01. The molecular formula is C13H19BrIN3O. The van der Waals surface area contributed by atoms with E-state index in [1.807, 2.05) is 38.2 Å². The number of guanidine groups is 1. The summed E-state index contributed by atoms with van der Waals surface area (Å²) in [6, 6.07) is 7.87. The van der Waals surface area contributed by atoms with E-state index < -0.39 is 0 Å². The summed E-state index contributed by atoms with van der Waals surface area (Å²) in [5.41, 5.74) is 0. The Hall–Kier alpha value is -0.500. The molecule has 0 bridgehead atoms. The fraction of sp³-hybridized carbons (Fsp3) is 0.462. The predicted octanol–water partition coefficient (Wildman–Crippen LogP) is 2.73. The third kappa shape index (κ3) is 5.18. The topological polar surface area (TPSA) is 36.9 Å². The molecule has 1 heterocycles. The van der Waals surface area contributed by atoms with Crippen LogP contribution in [0.3, 0.4) is 0 Å². The zero-order chi connectivity index (χ0) is 13.0. The quantitative estimate of drug-likeness (QED) is 0.733. The molecule has 2 rings (SSSR count). The number of likely N-dealkylation sites (N-methyl/N-ethyl adjacent to an activating group) is 1. The molecular weight excluding hydrogens is 421 g/mol. The lowest BCUT2D eigenvalue weighted by Crippen LogP contribution is -2.40. The maximum absolute atomic E-state index is 5.81. The molecule has 6 heteroatoms. The summed E-state index contributed by atoms with van der Waals surface area (Å²) in [5, 5.41) is 3.30. The van der Waals surface area contributed by atoms with E-state index in [1.54, 1.807) is 0 Å². The third-order valence-electron chi connectivity index (χ3n) is 2.76. The number of rotatable bonds is 4. The lowest BCUT2D eigenvalue weighted by molar-refractivity contribution is 0.223. The van der Waals surface area contributed by atoms with Gasteiger partial charge in [0, 0.05) is 18.1 Å². The standard InChI is InChI=1S/C13H18BrN3O.HI/c1-10(9-16-13-15-7-8-17(13)2)18-12-5-3-11(14)4-6-12;/h3-6,10H,7-9H2,1-2H3,(H,15,16);1H. The largest absolute Gasteiger partial charge is 0.489 e. The van der Waals surface area contributed by atoms with Crippen LogP contribution in [0.25, 0.3) is 0 Å². The molecule has 0 radical (unpaired) electrons. The van der Waals surface area contributed by atoms with Gasteiger partial charge in [0.05, 0.1) is 13.1 Å². The van der Waals surface area contributed by atoms with Gasteiger partial charge in [0.15, 0.2) is 5.96 Å². The lowest BCUT2D eigenvalue weighted by Gasteiger charge is -2.19. The van der Waals surface area contributed by atoms with Crippen LogP contribution in [0, 0.1) is 0 Å². The van der Waals surface area contributed by atoms with Crippen LogP contribution in [-0.2, 0) is 0 Å². The van der Waals surface area contributed by atoms with E-state index in [4.69, 9.17) is 4.74 Å². The monoisotopic (exact) mass is 439 g/mol. The molecule has 0 amide bonds. The summed E-state index contributed by atoms with van der Waals surface area (Å²) in [4.78, 5) is 6.49. The number of nitrogens with one attached hydrogen (secondary N) is 1. The Kier molecular flexibility index (Phi) is 6.92. The van der Waals surface area contributed by atoms with Crippen molar-refractivity contribution < 1.29 is 4.74 Å². The van der Waals surface area contributed by atoms with E-state index in [0.717, 1.165) is 35.8 Å². The van der Waals surface area contributed by atoms with Crippen molar-refractivity contribution in [1.82, 2.24) is 10.2 Å². The number of halogens is 2. The van der Waals surface area contributed by atoms with Gasteiger partial charge in [-0.05, 0) is 31.2 Å². The van der Waals surface area contributed by atoms with E-state index in [2.05, 4.69) is 31.1 Å². The van der Waals surface area contributed by atoms with Crippen molar-refractivity contribution in [2.45, 2.75) is 13.0 Å². The van der Waals surface area contributed by atoms with Crippen LogP contribution in [0.5, 0.6) is 5.75 Å². The summed E-state index contributed by atoms with van der Waals surface area (Å²) >= 11 is 3.40. The number of benzene rings is 1. The average Bonchev–Trinajstić information content (AvgIpc) is 2.75. The Morgan fingerprint density at radius 2 is 2.11 bits per heavy atom. The van der Waals surface area contributed by atoms with E-state index in [0.29, 0.717) is 0 Å². The first-order valence-corrected chi connectivity index (χ1v) is 6.86. The minimum Gasteiger partial charge on any atom is -0.489 e. The molecule has 1 aliphatic rings. The highest BCUT2D eigenvalue weighted by Gasteiger charge is 2.13. The molecule has 1 aromatic rings. The maximum atomic E-state index is 5.81. The molecule has 1 unspecified atom stereocenters. The highest BCUT2D eigenvalue weighted by Crippen LogP contribution is 2.17. The van der Waals surface area contributed by atoms with Crippen molar-refractivity contribution in [3.63, 3.8) is 0 Å². The number of nitrogens with zero attached hydrogens (tertiary/aromatic N) is 2. The van der Waals surface area contributed by atoms with E-state index in [-0.39, 0.29) is 30.1 Å². The van der Waals surface area contributed by atoms with Gasteiger partial charge in [-0.25, -0.2) is 0 Å². The Labute approximate surface area is 139 Å². The van der Waals surface area contributed by atoms with Crippen molar-refractivity contribution in [2.75, 3.05) is 26.7 Å². The predicted molar refractivity (Wildman–Crippen MR) is 92.6 cm³/mol. The molecule has 106 valence electrons. The van der Waals surface area contributed by atoms with Crippen molar-refractivity contribution in [1.29, 1.82) is 0 Å². The number of hydrogen-bond donors (Lipinski definition) is 1. The van der Waals surface area contributed by atoms with E-state index in [1.165, 1.54) is 0 Å². The average molecular weight is 440 g/mol. The van der Waals surface area contributed by atoms with Gasteiger partial charge in [-0.3, -0.25) is 4.99 Å². The Morgan fingerprint density at radius 1 is 1.42 bits per heavy atom. The Balaban J connectivity index is 0.00000180. The Morgan fingerprint density at radius 3 is 2.68 bits per heavy atom. The van der Waals surface area contributed by atoms with Gasteiger partial charge >= 0.3 is 0 Å². The third-order valence-corrected chi connectivity index (χ3v) is 3.29. The first-order valence-electron chi connectivity index (χ1n) is 6.07. The molecule has 1 N–H and O–H groups in total. The smallest absolute Gasteiger partial charge is 0.193 e. The molecule has 0 spiro atoms. The molecule has 1 atom stereocenters. The summed E-state index contributed by atoms with van der Waals surface area (Å²) in [7, 11) is 2.04. The second kappa shape index (κ2) is 7.94. The molecule has 1 aliphatic heterocycles. The molecule has 0 aliphatic carbocycles. The zero-order valence-corrected chi connectivity index (χ0v) is 15.0. The molecule has 0 saturated heterocycles. The second-order valence-corrected chi connectivity index (χ2v) is 5.31. The number of ether oxygens (including phenoxy) is 1. The molecule has 4 nitrogen and oxygen atoms in total. The van der Waals surface area contributed by atoms with Crippen molar-refractivity contribution in [3.8, 4) is 5.75 Å². The van der Waals surface area contributed by atoms with Gasteiger partial charge in [0.1, 0.15) is 11.9 Å². The SMILES string of the molecule is CC(CNC1=NCCN1C)Oc1ccc(Br)cc1.I. The highest BCUT2D eigenvalue weighted by molar-refractivity contribution is 14.0. The number of aliphatic imine (C=N–C) groups is 1. The van der Waals surface area contributed by atoms with Gasteiger partial charge in [-0.1, -0.05) is 15.9 Å². The van der Waals surface area contributed by atoms with Gasteiger partial charge in [-0.2, -0.15) is 0 Å². The van der Waals surface area contributed by atoms with Crippen LogP contribution < -0.4 is 10.1 Å². The van der Waals surface area contributed by atoms with Crippen LogP contribution >= 0.6 is 39.9 Å². The second-order valence-electron chi connectivity index (χ2n) is 4.39. The summed E-state index contributed by atoms with van der Waals surface area (Å²) in [5.74, 6) is 1.84. The van der Waals surface area contributed by atoms with Crippen LogP contribution in [0.2, 0.25) is 0 Å². The summed E-state index contributed by atoms with van der Waals surface area (Å²) in [6.07, 6.45) is 0.0999. The lowest BCUT2D eigenvalue weighted by atomic mass is 10.3. The minimum absolute atomic E-state index is 0. The molecule has 1 aromatic carbocycles. The molecule has 0 saturated carbocycles. The summed E-state index contributed by atoms with van der Waals surface area (Å²) in [6.45, 7) is 4.66. The van der Waals surface area contributed by atoms with Gasteiger partial charge in [0.2, 0.25) is 0 Å². The van der Waals surface area contributed by atoms with Crippen LogP contribution in [-0.4, -0.2) is 43.6 Å². The molecule has 19 heavy (non-hydrogen) atoms. The van der Waals surface area contributed by atoms with Crippen molar-refractivity contribution in [3.05, 3.63) is 28.7 Å². The minimum atomic E-state index is 0. The zero-order valence-electron chi connectivity index (χ0n) is 11.1. The molecule has 0 aromatic heterocycles. The fourth-order valence-electron chi connectivity index (χ4n) is 1.75. The van der Waals surface area contributed by atoms with Crippen molar-refractivity contribution >= 4 is 45.9 Å². The van der Waals surface area contributed by atoms with Gasteiger partial charge in [-0.15, -0.1) is 24.0 Å². The van der Waals surface area contributed by atoms with Gasteiger partial charge < -0.3 is 15.0 Å². The first kappa shape index (κ1) is 16.6. The van der Waals surface area contributed by atoms with E-state index in [9.17, 15) is 0 Å². The molecule has 0 fully saturated rings. The van der Waals surface area contributed by atoms with Gasteiger partial charge in [0.25, 0.3) is 0 Å². The first-order chi connectivity index (χ1) is 8.65. The van der Waals surface area contributed by atoms with E-state index >= 15 is 0 Å². The van der Waals surface area contributed by atoms with Crippen molar-refractivity contribution in [2.24, 2.45) is 4.99 Å². The summed E-state index contributed by atoms with van der Waals surface area (Å²) < 4.78 is 6.87. The maximum Gasteiger partial charge on any atom is 0.193 e. The van der Waals surface area contributed by atoms with Crippen LogP contribution in [0.4, 0.5) is 0 Å². The van der Waals surface area contributed by atoms with Crippen LogP contribution in [0.1, 0.15) is 6.92 Å². The van der Waals surface area contributed by atoms with Crippen LogP contribution in [0.15, 0.2) is 33.7 Å². The number of hydrogen-bond acceptors (Lipinski definition) is 4.